The minimum Gasteiger partial charge on any atom is -0.310 e. The van der Waals surface area contributed by atoms with Gasteiger partial charge < -0.3 is 9.13 Å². The number of hydrogen-bond acceptors (Lipinski definition) is 13. The Morgan fingerprint density at radius 1 is 0.346 bits per heavy atom. The van der Waals surface area contributed by atoms with Gasteiger partial charge in [-0.25, -0.2) is 64.7 Å². The number of aryl methyl sites for hydroxylation is 9. The van der Waals surface area contributed by atoms with Gasteiger partial charge in [0.1, 0.15) is 46.6 Å². The van der Waals surface area contributed by atoms with Crippen molar-refractivity contribution in [2.24, 2.45) is 0 Å². The first-order valence-electron chi connectivity index (χ1n) is 26.3. The average Bonchev–Trinajstić information content (AvgIpc) is 3.12. The quantitative estimate of drug-likeness (QED) is 0.131. The van der Waals surface area contributed by atoms with E-state index in [1.165, 1.54) is 0 Å². The van der Waals surface area contributed by atoms with E-state index < -0.39 is 0 Å². The van der Waals surface area contributed by atoms with Crippen molar-refractivity contribution in [1.29, 1.82) is 5.26 Å². The molecule has 0 aliphatic heterocycles. The lowest BCUT2D eigenvalue weighted by Crippen LogP contribution is -2.03. The molecule has 13 aromatic rings. The highest BCUT2D eigenvalue weighted by Crippen LogP contribution is 2.45. The maximum absolute atomic E-state index is 9.93. The first kappa shape index (κ1) is 49.7. The van der Waals surface area contributed by atoms with Gasteiger partial charge in [0, 0.05) is 60.6 Å². The minimum absolute atomic E-state index is 0.472. The molecule has 0 radical (unpaired) electrons. The second kappa shape index (κ2) is 19.3. The Bertz CT molecular complexity index is 4620. The number of fused-ring (bicyclic) bond motifs is 6. The Morgan fingerprint density at radius 2 is 0.667 bits per heavy atom. The van der Waals surface area contributed by atoms with Gasteiger partial charge in [-0.1, -0.05) is 30.3 Å². The van der Waals surface area contributed by atoms with Crippen LogP contribution in [0, 0.1) is 80.2 Å². The molecule has 0 unspecified atom stereocenters. The van der Waals surface area contributed by atoms with Crippen LogP contribution in [-0.4, -0.2) is 68.9 Å². The van der Waals surface area contributed by atoms with Crippen molar-refractivity contribution in [3.05, 3.63) is 197 Å². The summed E-state index contributed by atoms with van der Waals surface area (Å²) in [5.74, 6) is 7.34. The molecule has 6 heterocycles. The number of benzene rings is 7. The van der Waals surface area contributed by atoms with Crippen molar-refractivity contribution in [3.63, 3.8) is 0 Å². The van der Waals surface area contributed by atoms with Crippen LogP contribution in [-0.2, 0) is 0 Å². The zero-order chi connectivity index (χ0) is 56.0. The van der Waals surface area contributed by atoms with Gasteiger partial charge in [0.25, 0.3) is 0 Å². The van der Waals surface area contributed by atoms with E-state index in [1.807, 2.05) is 105 Å². The van der Waals surface area contributed by atoms with E-state index in [9.17, 15) is 5.26 Å². The molecule has 16 heteroatoms. The number of nitrogens with zero attached hydrogens (tertiary/aromatic N) is 16. The summed E-state index contributed by atoms with van der Waals surface area (Å²) in [6.07, 6.45) is 0. The predicted molar refractivity (Wildman–Crippen MR) is 315 cm³/mol. The number of nitriles is 1. The van der Waals surface area contributed by atoms with E-state index in [2.05, 4.69) is 125 Å². The summed E-state index contributed by atoms with van der Waals surface area (Å²) in [4.78, 5) is 60.2. The fourth-order valence-corrected chi connectivity index (χ4v) is 11.3. The van der Waals surface area contributed by atoms with E-state index in [1.54, 1.807) is 0 Å². The molecule has 0 aliphatic rings. The van der Waals surface area contributed by atoms with Crippen LogP contribution < -0.4 is 0 Å². The van der Waals surface area contributed by atoms with Crippen LogP contribution in [0.4, 0.5) is 5.69 Å². The minimum atomic E-state index is 0.472. The van der Waals surface area contributed by atoms with Crippen LogP contribution in [0.2, 0.25) is 0 Å². The van der Waals surface area contributed by atoms with E-state index in [-0.39, 0.29) is 0 Å². The Kier molecular flexibility index (Phi) is 11.8. The van der Waals surface area contributed by atoms with Crippen molar-refractivity contribution in [2.45, 2.75) is 62.3 Å². The molecular weight excluding hydrogens is 1000 g/mol. The summed E-state index contributed by atoms with van der Waals surface area (Å²) < 4.78 is 4.57. The summed E-state index contributed by atoms with van der Waals surface area (Å²) in [6, 6.07) is 45.9. The van der Waals surface area contributed by atoms with Gasteiger partial charge in [-0.05, 0) is 176 Å². The summed E-state index contributed by atoms with van der Waals surface area (Å²) in [5, 5.41) is 13.7. The van der Waals surface area contributed by atoms with Gasteiger partial charge in [0.05, 0.1) is 46.0 Å². The van der Waals surface area contributed by atoms with Gasteiger partial charge in [-0.2, -0.15) is 5.26 Å². The van der Waals surface area contributed by atoms with Crippen molar-refractivity contribution >= 4 is 49.3 Å². The normalized spacial score (nSPS) is 11.5. The Hall–Kier alpha value is -10.8. The lowest BCUT2D eigenvalue weighted by Gasteiger charge is -2.20. The van der Waals surface area contributed by atoms with E-state index in [0.29, 0.717) is 81.1 Å². The first-order valence-corrected chi connectivity index (χ1v) is 26.3. The molecule has 388 valence electrons. The molecule has 0 aliphatic carbocycles. The van der Waals surface area contributed by atoms with Gasteiger partial charge >= 0.3 is 0 Å². The van der Waals surface area contributed by atoms with Crippen LogP contribution in [0.25, 0.3) is 128 Å². The summed E-state index contributed by atoms with van der Waals surface area (Å²) in [5.41, 5.74) is 14.4. The van der Waals surface area contributed by atoms with Gasteiger partial charge in [0.2, 0.25) is 0 Å². The predicted octanol–water partition coefficient (Wildman–Crippen LogP) is 13.8. The fraction of sp³-hybridized carbons (Fsp3) is 0.138. The first-order chi connectivity index (χ1) is 39.2. The third-order valence-corrected chi connectivity index (χ3v) is 14.5. The number of hydrogen-bond donors (Lipinski definition) is 0. The third-order valence-electron chi connectivity index (χ3n) is 14.5. The molecule has 81 heavy (non-hydrogen) atoms. The van der Waals surface area contributed by atoms with Gasteiger partial charge in [-0.3, -0.25) is 0 Å². The monoisotopic (exact) mass is 1050 g/mol. The zero-order valence-corrected chi connectivity index (χ0v) is 45.8. The number of rotatable bonds is 8. The van der Waals surface area contributed by atoms with Gasteiger partial charge in [0.15, 0.2) is 29.0 Å². The molecule has 0 saturated carbocycles. The van der Waals surface area contributed by atoms with Gasteiger partial charge in [-0.15, -0.1) is 0 Å². The third kappa shape index (κ3) is 8.81. The molecule has 7 aromatic carbocycles. The summed E-state index contributed by atoms with van der Waals surface area (Å²) in [6.45, 7) is 25.5. The fourth-order valence-electron chi connectivity index (χ4n) is 11.3. The van der Waals surface area contributed by atoms with Crippen molar-refractivity contribution in [1.82, 2.24) is 68.9 Å². The topological polar surface area (TPSA) is 193 Å². The van der Waals surface area contributed by atoms with E-state index in [0.717, 1.165) is 105 Å². The Labute approximate surface area is 465 Å². The van der Waals surface area contributed by atoms with Crippen LogP contribution in [0.15, 0.2) is 127 Å². The van der Waals surface area contributed by atoms with E-state index in [4.69, 9.17) is 46.4 Å². The second-order valence-electron chi connectivity index (χ2n) is 20.3. The molecule has 0 saturated heterocycles. The Balaban J connectivity index is 1.12. The zero-order valence-electron chi connectivity index (χ0n) is 45.8. The molecule has 0 bridgehead atoms. The molecular formula is C65H48N16. The molecule has 0 atom stereocenters. The molecule has 0 amide bonds. The molecule has 0 N–H and O–H groups in total. The van der Waals surface area contributed by atoms with Crippen molar-refractivity contribution < 1.29 is 0 Å². The van der Waals surface area contributed by atoms with Crippen LogP contribution in [0.5, 0.6) is 0 Å². The van der Waals surface area contributed by atoms with Crippen LogP contribution >= 0.6 is 0 Å². The maximum atomic E-state index is 9.93. The molecule has 0 spiro atoms. The van der Waals surface area contributed by atoms with E-state index >= 15 is 0 Å². The highest BCUT2D eigenvalue weighted by atomic mass is 15.1. The standard InChI is InChI=1S/C65H48N16/c1-33-25-42(32-66)11-18-49(33)43-12-19-50(60(30-43)80-56-21-13-44(62-72-34(2)68-35(3)73-62)26-52(56)53-27-45(14-22-57(53)80)63-74-36(4)69-37(5)75-63)51-20-17-48(67-10)31-61(51)81-58-23-15-46(64-76-38(6)70-39(7)77-64)28-54(58)55-29-47(16-24-59(55)81)65-78-40(8)71-41(9)79-65/h11-31H,1-9H3. The Morgan fingerprint density at radius 3 is 1.00 bits per heavy atom. The number of aromatic nitrogens is 14. The van der Waals surface area contributed by atoms with Crippen LogP contribution in [0.1, 0.15) is 57.7 Å². The lowest BCUT2D eigenvalue weighted by molar-refractivity contribution is 0.928. The molecule has 0 fully saturated rings. The van der Waals surface area contributed by atoms with Crippen molar-refractivity contribution in [2.75, 3.05) is 0 Å². The SMILES string of the molecule is [C-]#[N+]c1ccc(-c2ccc(-c3ccc(C#N)cc3C)cc2-n2c3ccc(-c4nc(C)nc(C)n4)cc3c3cc(-c4nc(C)nc(C)n4)ccc32)c(-n2c3ccc(-c4nc(C)nc(C)n4)cc3c3cc(-c4nc(C)nc(C)n4)ccc32)c1. The highest BCUT2D eigenvalue weighted by Gasteiger charge is 2.25. The summed E-state index contributed by atoms with van der Waals surface area (Å²) in [7, 11) is 0. The molecule has 16 nitrogen and oxygen atoms in total. The smallest absolute Gasteiger partial charge is 0.189 e. The average molecular weight is 1050 g/mol. The lowest BCUT2D eigenvalue weighted by atomic mass is 9.94. The largest absolute Gasteiger partial charge is 0.310 e. The molecule has 13 rings (SSSR count). The van der Waals surface area contributed by atoms with Crippen molar-refractivity contribution in [3.8, 4) is 85.2 Å². The second-order valence-corrected chi connectivity index (χ2v) is 20.3. The highest BCUT2D eigenvalue weighted by molar-refractivity contribution is 6.14. The summed E-state index contributed by atoms with van der Waals surface area (Å²) >= 11 is 0. The molecule has 6 aromatic heterocycles. The maximum Gasteiger partial charge on any atom is 0.189 e. The van der Waals surface area contributed by atoms with Crippen LogP contribution in [0.3, 0.4) is 0 Å².